The minimum atomic E-state index is -3.38. The summed E-state index contributed by atoms with van der Waals surface area (Å²) < 4.78 is 25.8. The lowest BCUT2D eigenvalue weighted by Gasteiger charge is -2.24. The minimum absolute atomic E-state index is 0.0184. The van der Waals surface area contributed by atoms with E-state index in [0.717, 1.165) is 5.56 Å². The van der Waals surface area contributed by atoms with Gasteiger partial charge in [0, 0.05) is 31.9 Å². The number of aromatic nitrogens is 1. The zero-order valence-electron chi connectivity index (χ0n) is 11.2. The lowest BCUT2D eigenvalue weighted by Crippen LogP contribution is -2.37. The summed E-state index contributed by atoms with van der Waals surface area (Å²) in [4.78, 5) is 3.97. The molecule has 1 rings (SSSR count). The summed E-state index contributed by atoms with van der Waals surface area (Å²) in [5.41, 5.74) is 6.12. The fourth-order valence-electron chi connectivity index (χ4n) is 1.53. The molecule has 0 bridgehead atoms. The molecular formula is C12H20N4O2S. The second-order valence-electron chi connectivity index (χ2n) is 4.56. The SMILES string of the molecule is CC(C)S(=O)(=O)N(CCC(=N)N)Cc1cccnc1. The highest BCUT2D eigenvalue weighted by molar-refractivity contribution is 7.89. The van der Waals surface area contributed by atoms with Crippen molar-refractivity contribution in [1.29, 1.82) is 5.41 Å². The molecule has 0 spiro atoms. The number of hydrogen-bond donors (Lipinski definition) is 2. The van der Waals surface area contributed by atoms with Crippen LogP contribution in [0.1, 0.15) is 25.8 Å². The highest BCUT2D eigenvalue weighted by Crippen LogP contribution is 2.13. The van der Waals surface area contributed by atoms with Crippen molar-refractivity contribution < 1.29 is 8.42 Å². The van der Waals surface area contributed by atoms with E-state index in [0.29, 0.717) is 0 Å². The molecule has 3 N–H and O–H groups in total. The van der Waals surface area contributed by atoms with Gasteiger partial charge in [-0.25, -0.2) is 8.42 Å². The van der Waals surface area contributed by atoms with Crippen LogP contribution in [0.3, 0.4) is 0 Å². The van der Waals surface area contributed by atoms with E-state index in [4.69, 9.17) is 11.1 Å². The molecule has 7 heteroatoms. The van der Waals surface area contributed by atoms with E-state index in [1.54, 1.807) is 32.3 Å². The Morgan fingerprint density at radius 3 is 2.68 bits per heavy atom. The van der Waals surface area contributed by atoms with E-state index in [2.05, 4.69) is 4.98 Å². The summed E-state index contributed by atoms with van der Waals surface area (Å²) in [6, 6.07) is 3.59. The molecule has 6 nitrogen and oxygen atoms in total. The van der Waals surface area contributed by atoms with Crippen LogP contribution in [0, 0.1) is 5.41 Å². The van der Waals surface area contributed by atoms with Crippen molar-refractivity contribution in [3.8, 4) is 0 Å². The van der Waals surface area contributed by atoms with E-state index in [1.165, 1.54) is 4.31 Å². The van der Waals surface area contributed by atoms with E-state index in [-0.39, 0.29) is 25.3 Å². The van der Waals surface area contributed by atoms with Gasteiger partial charge in [-0.15, -0.1) is 0 Å². The van der Waals surface area contributed by atoms with Crippen molar-refractivity contribution in [3.63, 3.8) is 0 Å². The van der Waals surface area contributed by atoms with Crippen LogP contribution in [0.15, 0.2) is 24.5 Å². The van der Waals surface area contributed by atoms with Gasteiger partial charge in [-0.2, -0.15) is 4.31 Å². The molecule has 19 heavy (non-hydrogen) atoms. The highest BCUT2D eigenvalue weighted by Gasteiger charge is 2.25. The van der Waals surface area contributed by atoms with Crippen LogP contribution in [-0.2, 0) is 16.6 Å². The number of rotatable bonds is 7. The number of hydrogen-bond acceptors (Lipinski definition) is 4. The monoisotopic (exact) mass is 284 g/mol. The maximum absolute atomic E-state index is 12.2. The fourth-order valence-corrected chi connectivity index (χ4v) is 2.81. The van der Waals surface area contributed by atoms with E-state index in [1.807, 2.05) is 6.07 Å². The van der Waals surface area contributed by atoms with Crippen LogP contribution < -0.4 is 5.73 Å². The third-order valence-electron chi connectivity index (χ3n) is 2.67. The van der Waals surface area contributed by atoms with Gasteiger partial charge in [-0.1, -0.05) is 6.07 Å². The van der Waals surface area contributed by atoms with Gasteiger partial charge in [0.2, 0.25) is 10.0 Å². The molecule has 0 saturated carbocycles. The molecule has 0 unspecified atom stereocenters. The molecule has 0 fully saturated rings. The Bertz CT molecular complexity index is 514. The average Bonchev–Trinajstić information content (AvgIpc) is 2.35. The molecule has 0 amide bonds. The maximum Gasteiger partial charge on any atom is 0.216 e. The number of pyridine rings is 1. The minimum Gasteiger partial charge on any atom is -0.388 e. The second kappa shape index (κ2) is 6.63. The Morgan fingerprint density at radius 2 is 2.21 bits per heavy atom. The van der Waals surface area contributed by atoms with Crippen molar-refractivity contribution >= 4 is 15.9 Å². The zero-order chi connectivity index (χ0) is 14.5. The van der Waals surface area contributed by atoms with Gasteiger partial charge < -0.3 is 5.73 Å². The van der Waals surface area contributed by atoms with Crippen LogP contribution in [0.25, 0.3) is 0 Å². The van der Waals surface area contributed by atoms with Crippen molar-refractivity contribution in [2.45, 2.75) is 32.1 Å². The van der Waals surface area contributed by atoms with Crippen LogP contribution in [-0.4, -0.2) is 35.3 Å². The van der Waals surface area contributed by atoms with Crippen molar-refractivity contribution in [2.75, 3.05) is 6.54 Å². The molecule has 0 saturated heterocycles. The standard InChI is InChI=1S/C12H20N4O2S/c1-10(2)19(17,18)16(7-5-12(13)14)9-11-4-3-6-15-8-11/h3-4,6,8,10H,5,7,9H2,1-2H3,(H3,13,14). The molecule has 1 heterocycles. The zero-order valence-corrected chi connectivity index (χ0v) is 12.0. The summed E-state index contributed by atoms with van der Waals surface area (Å²) >= 11 is 0. The van der Waals surface area contributed by atoms with Gasteiger partial charge in [0.15, 0.2) is 0 Å². The first-order valence-electron chi connectivity index (χ1n) is 6.04. The summed E-state index contributed by atoms with van der Waals surface area (Å²) in [5, 5.41) is 6.72. The molecule has 0 aliphatic rings. The van der Waals surface area contributed by atoms with Gasteiger partial charge in [0.05, 0.1) is 11.1 Å². The third-order valence-corrected chi connectivity index (χ3v) is 4.89. The van der Waals surface area contributed by atoms with Crippen LogP contribution >= 0.6 is 0 Å². The fraction of sp³-hybridized carbons (Fsp3) is 0.500. The predicted octanol–water partition coefficient (Wildman–Crippen LogP) is 0.948. The molecule has 106 valence electrons. The smallest absolute Gasteiger partial charge is 0.216 e. The summed E-state index contributed by atoms with van der Waals surface area (Å²) in [6.07, 6.45) is 3.50. The third kappa shape index (κ3) is 4.60. The van der Waals surface area contributed by atoms with Crippen LogP contribution in [0.5, 0.6) is 0 Å². The van der Waals surface area contributed by atoms with Gasteiger partial charge in [-0.05, 0) is 25.5 Å². The molecule has 0 radical (unpaired) electrons. The maximum atomic E-state index is 12.2. The largest absolute Gasteiger partial charge is 0.388 e. The Balaban J connectivity index is 2.90. The lowest BCUT2D eigenvalue weighted by atomic mass is 10.3. The molecule has 0 atom stereocenters. The number of nitrogens with two attached hydrogens (primary N) is 1. The first-order chi connectivity index (χ1) is 8.84. The van der Waals surface area contributed by atoms with Gasteiger partial charge in [0.25, 0.3) is 0 Å². The summed E-state index contributed by atoms with van der Waals surface area (Å²) in [5.74, 6) is -0.0184. The number of amidine groups is 1. The molecule has 0 aliphatic carbocycles. The molecule has 1 aromatic rings. The second-order valence-corrected chi connectivity index (χ2v) is 7.05. The molecule has 1 aromatic heterocycles. The van der Waals surface area contributed by atoms with Crippen molar-refractivity contribution in [2.24, 2.45) is 5.73 Å². The molecule has 0 aliphatic heterocycles. The number of nitrogens with zero attached hydrogens (tertiary/aromatic N) is 2. The van der Waals surface area contributed by atoms with E-state index in [9.17, 15) is 8.42 Å². The Hall–Kier alpha value is -1.47. The topological polar surface area (TPSA) is 100 Å². The van der Waals surface area contributed by atoms with E-state index < -0.39 is 15.3 Å². The average molecular weight is 284 g/mol. The lowest BCUT2D eigenvalue weighted by molar-refractivity contribution is 0.409. The Labute approximate surface area is 114 Å². The highest BCUT2D eigenvalue weighted by atomic mass is 32.2. The van der Waals surface area contributed by atoms with Gasteiger partial charge >= 0.3 is 0 Å². The van der Waals surface area contributed by atoms with Gasteiger partial charge in [-0.3, -0.25) is 10.4 Å². The van der Waals surface area contributed by atoms with Crippen LogP contribution in [0.4, 0.5) is 0 Å². The number of sulfonamides is 1. The number of nitrogens with one attached hydrogen (secondary N) is 1. The van der Waals surface area contributed by atoms with Gasteiger partial charge in [0.1, 0.15) is 0 Å². The Morgan fingerprint density at radius 1 is 1.53 bits per heavy atom. The first kappa shape index (κ1) is 15.6. The van der Waals surface area contributed by atoms with Crippen molar-refractivity contribution in [3.05, 3.63) is 30.1 Å². The predicted molar refractivity (Wildman–Crippen MR) is 75.2 cm³/mol. The van der Waals surface area contributed by atoms with E-state index >= 15 is 0 Å². The first-order valence-corrected chi connectivity index (χ1v) is 7.55. The summed E-state index contributed by atoms with van der Waals surface area (Å²) in [7, 11) is -3.38. The van der Waals surface area contributed by atoms with Crippen molar-refractivity contribution in [1.82, 2.24) is 9.29 Å². The van der Waals surface area contributed by atoms with Crippen LogP contribution in [0.2, 0.25) is 0 Å². The summed E-state index contributed by atoms with van der Waals surface area (Å²) in [6.45, 7) is 3.74. The molecule has 0 aromatic carbocycles. The molecular weight excluding hydrogens is 264 g/mol. The quantitative estimate of drug-likeness (QED) is 0.575. The normalized spacial score (nSPS) is 12.0. The Kier molecular flexibility index (Phi) is 5.44.